The second-order valence-corrected chi connectivity index (χ2v) is 4.84. The van der Waals surface area contributed by atoms with Crippen molar-refractivity contribution in [3.05, 3.63) is 0 Å². The maximum atomic E-state index is 11.5. The third-order valence-electron chi connectivity index (χ3n) is 2.94. The van der Waals surface area contributed by atoms with Gasteiger partial charge in [-0.2, -0.15) is 0 Å². The summed E-state index contributed by atoms with van der Waals surface area (Å²) in [5.74, 6) is -0.278. The van der Waals surface area contributed by atoms with Crippen molar-refractivity contribution in [2.75, 3.05) is 6.61 Å². The van der Waals surface area contributed by atoms with Crippen molar-refractivity contribution in [3.8, 4) is 0 Å². The lowest BCUT2D eigenvalue weighted by Crippen LogP contribution is -2.65. The van der Waals surface area contributed by atoms with Crippen LogP contribution < -0.4 is 5.32 Å². The third-order valence-corrected chi connectivity index (χ3v) is 2.94. The van der Waals surface area contributed by atoms with Crippen LogP contribution in [0, 0.1) is 0 Å². The number of hydrogen-bond acceptors (Lipinski definition) is 6. The molecule has 5 atom stereocenters. The Balaban J connectivity index is 2.83. The molecule has 1 fully saturated rings. The van der Waals surface area contributed by atoms with E-state index in [2.05, 4.69) is 5.32 Å². The fraction of sp³-hybridized carbons (Fsp3) is 0.917. The Kier molecular flexibility index (Phi) is 6.15. The van der Waals surface area contributed by atoms with E-state index in [-0.39, 0.29) is 18.4 Å². The average Bonchev–Trinajstić information content (AvgIpc) is 2.37. The summed E-state index contributed by atoms with van der Waals surface area (Å²) in [7, 11) is 0. The molecule has 19 heavy (non-hydrogen) atoms. The van der Waals surface area contributed by atoms with E-state index >= 15 is 0 Å². The van der Waals surface area contributed by atoms with E-state index < -0.39 is 37.3 Å². The Labute approximate surface area is 112 Å². The van der Waals surface area contributed by atoms with E-state index in [0.29, 0.717) is 0 Å². The molecule has 1 amide bonds. The van der Waals surface area contributed by atoms with Gasteiger partial charge in [-0.3, -0.25) is 4.79 Å². The SMILES string of the molecule is CCC(=O)N[C@H]1C(OC(C)C)O[C@H](CO)[C@H](O)[C@@H]1O. The number of hydrogen-bond donors (Lipinski definition) is 4. The summed E-state index contributed by atoms with van der Waals surface area (Å²) in [6.07, 6.45) is -4.33. The van der Waals surface area contributed by atoms with Crippen molar-refractivity contribution in [1.82, 2.24) is 5.32 Å². The monoisotopic (exact) mass is 277 g/mol. The molecule has 0 radical (unpaired) electrons. The molecule has 0 aromatic rings. The van der Waals surface area contributed by atoms with Gasteiger partial charge in [0.05, 0.1) is 12.7 Å². The molecule has 112 valence electrons. The summed E-state index contributed by atoms with van der Waals surface area (Å²) in [5.41, 5.74) is 0. The van der Waals surface area contributed by atoms with Crippen LogP contribution in [-0.4, -0.2) is 64.6 Å². The number of ether oxygens (including phenoxy) is 2. The van der Waals surface area contributed by atoms with Gasteiger partial charge >= 0.3 is 0 Å². The van der Waals surface area contributed by atoms with Gasteiger partial charge in [-0.15, -0.1) is 0 Å². The van der Waals surface area contributed by atoms with Gasteiger partial charge in [0.25, 0.3) is 0 Å². The first-order valence-corrected chi connectivity index (χ1v) is 6.48. The van der Waals surface area contributed by atoms with Gasteiger partial charge in [-0.05, 0) is 13.8 Å². The highest BCUT2D eigenvalue weighted by Gasteiger charge is 2.45. The molecular weight excluding hydrogens is 254 g/mol. The summed E-state index contributed by atoms with van der Waals surface area (Å²) in [5, 5.41) is 31.5. The van der Waals surface area contributed by atoms with Gasteiger partial charge in [0, 0.05) is 6.42 Å². The quantitative estimate of drug-likeness (QED) is 0.500. The molecule has 1 unspecified atom stereocenters. The highest BCUT2D eigenvalue weighted by Crippen LogP contribution is 2.23. The fourth-order valence-electron chi connectivity index (χ4n) is 1.91. The Bertz CT molecular complexity index is 298. The molecule has 1 aliphatic heterocycles. The molecule has 0 bridgehead atoms. The molecule has 1 aliphatic rings. The Morgan fingerprint density at radius 1 is 1.37 bits per heavy atom. The standard InChI is InChI=1S/C12H23NO6/c1-4-8(15)13-9-11(17)10(16)7(5-14)19-12(9)18-6(2)3/h6-7,9-12,14,16-17H,4-5H2,1-3H3,(H,13,15)/t7-,9-,10+,11-,12?/m1/s1. The zero-order valence-corrected chi connectivity index (χ0v) is 11.4. The molecule has 1 rings (SSSR count). The molecule has 0 aliphatic carbocycles. The minimum atomic E-state index is -1.28. The first kappa shape index (κ1) is 16.3. The molecule has 7 heteroatoms. The molecule has 1 heterocycles. The van der Waals surface area contributed by atoms with E-state index in [9.17, 15) is 15.0 Å². The second kappa shape index (κ2) is 7.16. The van der Waals surface area contributed by atoms with Gasteiger partial charge < -0.3 is 30.1 Å². The predicted molar refractivity (Wildman–Crippen MR) is 66.2 cm³/mol. The Morgan fingerprint density at radius 2 is 2.00 bits per heavy atom. The fourth-order valence-corrected chi connectivity index (χ4v) is 1.91. The van der Waals surface area contributed by atoms with Gasteiger partial charge in [0.1, 0.15) is 24.4 Å². The molecule has 0 aromatic heterocycles. The van der Waals surface area contributed by atoms with Crippen LogP contribution in [0.5, 0.6) is 0 Å². The number of amides is 1. The zero-order chi connectivity index (χ0) is 14.6. The van der Waals surface area contributed by atoms with Crippen molar-refractivity contribution in [3.63, 3.8) is 0 Å². The highest BCUT2D eigenvalue weighted by molar-refractivity contribution is 5.76. The summed E-state index contributed by atoms with van der Waals surface area (Å²) in [4.78, 5) is 11.5. The number of nitrogens with one attached hydrogen (secondary N) is 1. The van der Waals surface area contributed by atoms with Crippen LogP contribution in [-0.2, 0) is 14.3 Å². The van der Waals surface area contributed by atoms with Crippen LogP contribution in [0.3, 0.4) is 0 Å². The molecule has 1 saturated heterocycles. The molecule has 0 saturated carbocycles. The second-order valence-electron chi connectivity index (χ2n) is 4.84. The van der Waals surface area contributed by atoms with Gasteiger partial charge in [-0.25, -0.2) is 0 Å². The average molecular weight is 277 g/mol. The topological polar surface area (TPSA) is 108 Å². The van der Waals surface area contributed by atoms with Crippen molar-refractivity contribution in [2.45, 2.75) is 63.9 Å². The lowest BCUT2D eigenvalue weighted by Gasteiger charge is -2.42. The number of aliphatic hydroxyl groups is 3. The summed E-state index contributed by atoms with van der Waals surface area (Å²) in [6, 6.07) is -0.868. The Morgan fingerprint density at radius 3 is 2.47 bits per heavy atom. The summed E-state index contributed by atoms with van der Waals surface area (Å²) in [6.45, 7) is 4.81. The first-order valence-electron chi connectivity index (χ1n) is 6.48. The van der Waals surface area contributed by atoms with E-state index in [0.717, 1.165) is 0 Å². The maximum absolute atomic E-state index is 11.5. The highest BCUT2D eigenvalue weighted by atomic mass is 16.7. The molecular formula is C12H23NO6. The normalized spacial score (nSPS) is 35.4. The summed E-state index contributed by atoms with van der Waals surface area (Å²) < 4.78 is 10.9. The molecule has 7 nitrogen and oxygen atoms in total. The number of carbonyl (C=O) groups excluding carboxylic acids is 1. The third kappa shape index (κ3) is 4.12. The van der Waals surface area contributed by atoms with E-state index in [1.54, 1.807) is 20.8 Å². The Hall–Kier alpha value is -0.730. The number of rotatable bonds is 5. The van der Waals surface area contributed by atoms with Crippen LogP contribution in [0.15, 0.2) is 0 Å². The smallest absolute Gasteiger partial charge is 0.220 e. The largest absolute Gasteiger partial charge is 0.394 e. The number of aliphatic hydroxyl groups excluding tert-OH is 3. The van der Waals surface area contributed by atoms with Gasteiger partial charge in [-0.1, -0.05) is 6.92 Å². The first-order chi connectivity index (χ1) is 8.90. The predicted octanol–water partition coefficient (Wildman–Crippen LogP) is -1.25. The van der Waals surface area contributed by atoms with Crippen LogP contribution in [0.25, 0.3) is 0 Å². The lowest BCUT2D eigenvalue weighted by atomic mass is 9.97. The zero-order valence-electron chi connectivity index (χ0n) is 11.4. The van der Waals surface area contributed by atoms with E-state index in [1.165, 1.54) is 0 Å². The van der Waals surface area contributed by atoms with Crippen molar-refractivity contribution >= 4 is 5.91 Å². The van der Waals surface area contributed by atoms with Gasteiger partial charge in [0.2, 0.25) is 5.91 Å². The van der Waals surface area contributed by atoms with Crippen molar-refractivity contribution in [1.29, 1.82) is 0 Å². The minimum absolute atomic E-state index is 0.187. The van der Waals surface area contributed by atoms with Crippen LogP contribution in [0.2, 0.25) is 0 Å². The van der Waals surface area contributed by atoms with Crippen molar-refractivity contribution < 1.29 is 29.6 Å². The summed E-state index contributed by atoms with van der Waals surface area (Å²) >= 11 is 0. The van der Waals surface area contributed by atoms with E-state index in [1.807, 2.05) is 0 Å². The van der Waals surface area contributed by atoms with Crippen LogP contribution in [0.4, 0.5) is 0 Å². The van der Waals surface area contributed by atoms with Crippen LogP contribution >= 0.6 is 0 Å². The maximum Gasteiger partial charge on any atom is 0.220 e. The minimum Gasteiger partial charge on any atom is -0.394 e. The van der Waals surface area contributed by atoms with E-state index in [4.69, 9.17) is 14.6 Å². The van der Waals surface area contributed by atoms with Crippen LogP contribution in [0.1, 0.15) is 27.2 Å². The molecule has 0 aromatic carbocycles. The van der Waals surface area contributed by atoms with Gasteiger partial charge in [0.15, 0.2) is 6.29 Å². The van der Waals surface area contributed by atoms with Crippen molar-refractivity contribution in [2.24, 2.45) is 0 Å². The number of carbonyl (C=O) groups is 1. The molecule has 0 spiro atoms. The lowest BCUT2D eigenvalue weighted by molar-refractivity contribution is -0.278. The molecule has 4 N–H and O–H groups in total.